The van der Waals surface area contributed by atoms with Crippen LogP contribution in [-0.4, -0.2) is 50.6 Å². The normalized spacial score (nSPS) is 17.6. The number of aryl methyl sites for hydroxylation is 1. The molecule has 3 heterocycles. The van der Waals surface area contributed by atoms with Crippen molar-refractivity contribution in [3.63, 3.8) is 0 Å². The van der Waals surface area contributed by atoms with Crippen LogP contribution in [0.5, 0.6) is 0 Å². The third kappa shape index (κ3) is 3.01. The molecule has 1 amide bonds. The van der Waals surface area contributed by atoms with Crippen molar-refractivity contribution in [2.75, 3.05) is 19.6 Å². The fourth-order valence-electron chi connectivity index (χ4n) is 2.63. The third-order valence-electron chi connectivity index (χ3n) is 3.68. The number of hydrogen-bond donors (Lipinski definition) is 1. The number of fused-ring (bicyclic) bond motifs is 1. The van der Waals surface area contributed by atoms with Gasteiger partial charge in [0, 0.05) is 31.4 Å². The molecule has 1 saturated heterocycles. The summed E-state index contributed by atoms with van der Waals surface area (Å²) >= 11 is 0. The smallest absolute Gasteiger partial charge is 0.255 e. The number of halogens is 1. The summed E-state index contributed by atoms with van der Waals surface area (Å²) in [5.74, 6) is 0.852. The second kappa shape index (κ2) is 5.61. The molecule has 1 aliphatic rings. The van der Waals surface area contributed by atoms with Crippen molar-refractivity contribution in [3.05, 3.63) is 29.7 Å². The SMILES string of the molecule is Cc1nnc2ccc(C(=O)N3CCNC(C)(C)C3)cn12.Cl. The van der Waals surface area contributed by atoms with E-state index in [-0.39, 0.29) is 23.9 Å². The van der Waals surface area contributed by atoms with Gasteiger partial charge in [-0.15, -0.1) is 22.6 Å². The van der Waals surface area contributed by atoms with E-state index in [1.165, 1.54) is 0 Å². The maximum absolute atomic E-state index is 12.6. The van der Waals surface area contributed by atoms with E-state index >= 15 is 0 Å². The highest BCUT2D eigenvalue weighted by molar-refractivity contribution is 5.94. The van der Waals surface area contributed by atoms with Crippen LogP contribution in [0.15, 0.2) is 18.3 Å². The Balaban J connectivity index is 0.00000161. The predicted octanol–water partition coefficient (Wildman–Crippen LogP) is 1.28. The Labute approximate surface area is 129 Å². The first-order chi connectivity index (χ1) is 9.46. The molecule has 0 atom stereocenters. The van der Waals surface area contributed by atoms with Gasteiger partial charge in [-0.1, -0.05) is 0 Å². The second-order valence-electron chi connectivity index (χ2n) is 5.93. The van der Waals surface area contributed by atoms with Gasteiger partial charge in [-0.25, -0.2) is 0 Å². The van der Waals surface area contributed by atoms with Crippen molar-refractivity contribution in [1.82, 2.24) is 24.8 Å². The number of piperazine rings is 1. The zero-order chi connectivity index (χ0) is 14.3. The molecule has 0 unspecified atom stereocenters. The minimum Gasteiger partial charge on any atom is -0.335 e. The first-order valence-electron chi connectivity index (χ1n) is 6.82. The summed E-state index contributed by atoms with van der Waals surface area (Å²) in [5, 5.41) is 11.5. The lowest BCUT2D eigenvalue weighted by molar-refractivity contribution is 0.0651. The Hall–Kier alpha value is -1.66. The lowest BCUT2D eigenvalue weighted by Crippen LogP contribution is -2.58. The maximum Gasteiger partial charge on any atom is 0.255 e. The van der Waals surface area contributed by atoms with E-state index < -0.39 is 0 Å². The van der Waals surface area contributed by atoms with Gasteiger partial charge in [-0.3, -0.25) is 9.20 Å². The first-order valence-corrected chi connectivity index (χ1v) is 6.82. The van der Waals surface area contributed by atoms with Gasteiger partial charge in [0.1, 0.15) is 5.82 Å². The molecule has 1 N–H and O–H groups in total. The number of hydrogen-bond acceptors (Lipinski definition) is 4. The Bertz CT molecular complexity index is 666. The molecule has 6 nitrogen and oxygen atoms in total. The molecule has 3 rings (SSSR count). The largest absolute Gasteiger partial charge is 0.335 e. The van der Waals surface area contributed by atoms with Gasteiger partial charge in [0.15, 0.2) is 5.65 Å². The van der Waals surface area contributed by atoms with Gasteiger partial charge < -0.3 is 10.2 Å². The molecule has 7 heteroatoms. The van der Waals surface area contributed by atoms with Crippen molar-refractivity contribution in [1.29, 1.82) is 0 Å². The molecule has 2 aromatic rings. The van der Waals surface area contributed by atoms with Gasteiger partial charge >= 0.3 is 0 Å². The van der Waals surface area contributed by atoms with E-state index in [2.05, 4.69) is 29.4 Å². The fraction of sp³-hybridized carbons (Fsp3) is 0.500. The summed E-state index contributed by atoms with van der Waals surface area (Å²) in [6, 6.07) is 3.65. The van der Waals surface area contributed by atoms with Crippen LogP contribution in [-0.2, 0) is 0 Å². The zero-order valence-corrected chi connectivity index (χ0v) is 13.3. The van der Waals surface area contributed by atoms with Crippen LogP contribution < -0.4 is 5.32 Å². The zero-order valence-electron chi connectivity index (χ0n) is 12.5. The van der Waals surface area contributed by atoms with Crippen molar-refractivity contribution >= 4 is 24.0 Å². The van der Waals surface area contributed by atoms with Crippen LogP contribution in [0.4, 0.5) is 0 Å². The number of pyridine rings is 1. The van der Waals surface area contributed by atoms with Gasteiger partial charge in [-0.2, -0.15) is 0 Å². The van der Waals surface area contributed by atoms with Gasteiger partial charge in [0.05, 0.1) is 5.56 Å². The molecule has 114 valence electrons. The van der Waals surface area contributed by atoms with E-state index in [9.17, 15) is 4.79 Å². The Morgan fingerprint density at radius 3 is 2.81 bits per heavy atom. The molecule has 1 fully saturated rings. The standard InChI is InChI=1S/C14H19N5O.ClH/c1-10-16-17-12-5-4-11(8-19(10)12)13(20)18-7-6-15-14(2,3)9-18;/h4-5,8,15H,6-7,9H2,1-3H3;1H. The minimum absolute atomic E-state index is 0. The summed E-state index contributed by atoms with van der Waals surface area (Å²) in [4.78, 5) is 14.5. The fourth-order valence-corrected chi connectivity index (χ4v) is 2.63. The molecule has 0 spiro atoms. The Morgan fingerprint density at radius 1 is 1.33 bits per heavy atom. The second-order valence-corrected chi connectivity index (χ2v) is 5.93. The number of rotatable bonds is 1. The highest BCUT2D eigenvalue weighted by atomic mass is 35.5. The molecular weight excluding hydrogens is 290 g/mol. The molecule has 0 bridgehead atoms. The third-order valence-corrected chi connectivity index (χ3v) is 3.68. The summed E-state index contributed by atoms with van der Waals surface area (Å²) in [5.41, 5.74) is 1.41. The average molecular weight is 310 g/mol. The molecule has 2 aromatic heterocycles. The van der Waals surface area contributed by atoms with Crippen molar-refractivity contribution in [2.45, 2.75) is 26.3 Å². The highest BCUT2D eigenvalue weighted by Crippen LogP contribution is 2.14. The highest BCUT2D eigenvalue weighted by Gasteiger charge is 2.29. The van der Waals surface area contributed by atoms with Gasteiger partial charge in [0.25, 0.3) is 5.91 Å². The molecule has 0 radical (unpaired) electrons. The number of carbonyl (C=O) groups excluding carboxylic acids is 1. The van der Waals surface area contributed by atoms with Crippen molar-refractivity contribution < 1.29 is 4.79 Å². The van der Waals surface area contributed by atoms with Crippen LogP contribution >= 0.6 is 12.4 Å². The van der Waals surface area contributed by atoms with E-state index in [0.29, 0.717) is 12.1 Å². The van der Waals surface area contributed by atoms with Crippen LogP contribution in [0, 0.1) is 6.92 Å². The number of amides is 1. The minimum atomic E-state index is -0.0372. The van der Waals surface area contributed by atoms with E-state index in [1.54, 1.807) is 0 Å². The van der Waals surface area contributed by atoms with Gasteiger partial charge in [-0.05, 0) is 32.9 Å². The predicted molar refractivity (Wildman–Crippen MR) is 83.0 cm³/mol. The number of carbonyl (C=O) groups is 1. The van der Waals surface area contributed by atoms with E-state index in [0.717, 1.165) is 24.6 Å². The summed E-state index contributed by atoms with van der Waals surface area (Å²) in [7, 11) is 0. The lowest BCUT2D eigenvalue weighted by Gasteiger charge is -2.39. The van der Waals surface area contributed by atoms with E-state index in [1.807, 2.05) is 34.6 Å². The summed E-state index contributed by atoms with van der Waals surface area (Å²) < 4.78 is 1.85. The summed E-state index contributed by atoms with van der Waals surface area (Å²) in [6.45, 7) is 8.38. The van der Waals surface area contributed by atoms with Crippen LogP contribution in [0.25, 0.3) is 5.65 Å². The first kappa shape index (κ1) is 15.7. The maximum atomic E-state index is 12.6. The molecule has 1 aliphatic heterocycles. The molecule has 0 saturated carbocycles. The molecule has 0 aromatic carbocycles. The van der Waals surface area contributed by atoms with Crippen molar-refractivity contribution in [2.24, 2.45) is 0 Å². The average Bonchev–Trinajstić information content (AvgIpc) is 2.78. The molecular formula is C14H20ClN5O. The van der Waals surface area contributed by atoms with Crippen LogP contribution in [0.2, 0.25) is 0 Å². The molecule has 21 heavy (non-hydrogen) atoms. The van der Waals surface area contributed by atoms with Gasteiger partial charge in [0.2, 0.25) is 0 Å². The summed E-state index contributed by atoms with van der Waals surface area (Å²) in [6.07, 6.45) is 1.82. The molecule has 0 aliphatic carbocycles. The van der Waals surface area contributed by atoms with Crippen LogP contribution in [0.3, 0.4) is 0 Å². The van der Waals surface area contributed by atoms with Crippen LogP contribution in [0.1, 0.15) is 30.0 Å². The lowest BCUT2D eigenvalue weighted by atomic mass is 10.0. The van der Waals surface area contributed by atoms with Crippen molar-refractivity contribution in [3.8, 4) is 0 Å². The quantitative estimate of drug-likeness (QED) is 0.862. The monoisotopic (exact) mass is 309 g/mol. The number of nitrogens with zero attached hydrogens (tertiary/aromatic N) is 4. The number of nitrogens with one attached hydrogen (secondary N) is 1. The Morgan fingerprint density at radius 2 is 2.10 bits per heavy atom. The topological polar surface area (TPSA) is 62.5 Å². The number of aromatic nitrogens is 3. The van der Waals surface area contributed by atoms with E-state index in [4.69, 9.17) is 0 Å². The Kier molecular flexibility index (Phi) is 4.20.